The van der Waals surface area contributed by atoms with Crippen LogP contribution in [0.4, 0.5) is 0 Å². The molecule has 1 aliphatic heterocycles. The average molecular weight is 408 g/mol. The highest BCUT2D eigenvalue weighted by Crippen LogP contribution is 2.45. The van der Waals surface area contributed by atoms with E-state index >= 15 is 0 Å². The second-order valence-electron chi connectivity index (χ2n) is 8.02. The second-order valence-corrected chi connectivity index (χ2v) is 8.02. The van der Waals surface area contributed by atoms with Crippen molar-refractivity contribution < 1.29 is 14.3 Å². The summed E-state index contributed by atoms with van der Waals surface area (Å²) in [7, 11) is 0. The van der Waals surface area contributed by atoms with Crippen molar-refractivity contribution in [1.82, 2.24) is 15.5 Å². The average Bonchev–Trinajstić information content (AvgIpc) is 3.53. The van der Waals surface area contributed by atoms with Crippen molar-refractivity contribution in [2.45, 2.75) is 44.3 Å². The molecule has 1 saturated carbocycles. The van der Waals surface area contributed by atoms with E-state index in [0.29, 0.717) is 26.2 Å². The molecule has 6 heteroatoms. The molecule has 2 N–H and O–H groups in total. The lowest BCUT2D eigenvalue weighted by molar-refractivity contribution is -0.134. The number of piperazine rings is 1. The van der Waals surface area contributed by atoms with Gasteiger partial charge in [-0.3, -0.25) is 14.5 Å². The van der Waals surface area contributed by atoms with E-state index in [0.717, 1.165) is 29.7 Å². The van der Waals surface area contributed by atoms with Gasteiger partial charge in [0.1, 0.15) is 5.75 Å². The van der Waals surface area contributed by atoms with Gasteiger partial charge in [-0.1, -0.05) is 48.5 Å². The summed E-state index contributed by atoms with van der Waals surface area (Å²) in [4.78, 5) is 27.6. The summed E-state index contributed by atoms with van der Waals surface area (Å²) in [6.45, 7) is 4.41. The van der Waals surface area contributed by atoms with E-state index in [-0.39, 0.29) is 23.8 Å². The molecule has 0 unspecified atom stereocenters. The van der Waals surface area contributed by atoms with Crippen LogP contribution in [0, 0.1) is 0 Å². The third-order valence-electron chi connectivity index (χ3n) is 5.92. The SMILES string of the molecule is CCOc1ccccc1CN1CCNC(=O)[C@H]1CC(=O)NC1(c2ccccc2)CC1. The van der Waals surface area contributed by atoms with Crippen LogP contribution in [-0.2, 0) is 21.7 Å². The van der Waals surface area contributed by atoms with Crippen molar-refractivity contribution in [3.05, 3.63) is 65.7 Å². The van der Waals surface area contributed by atoms with Gasteiger partial charge in [-0.15, -0.1) is 0 Å². The fourth-order valence-corrected chi connectivity index (χ4v) is 4.18. The number of hydrogen-bond donors (Lipinski definition) is 2. The Morgan fingerprint density at radius 3 is 2.63 bits per heavy atom. The Hall–Kier alpha value is -2.86. The first kappa shape index (κ1) is 20.4. The van der Waals surface area contributed by atoms with Crippen LogP contribution in [0.15, 0.2) is 54.6 Å². The van der Waals surface area contributed by atoms with Gasteiger partial charge in [0.2, 0.25) is 11.8 Å². The quantitative estimate of drug-likeness (QED) is 0.706. The van der Waals surface area contributed by atoms with Gasteiger partial charge in [0, 0.05) is 25.2 Å². The molecule has 2 aromatic carbocycles. The Kier molecular flexibility index (Phi) is 6.04. The van der Waals surface area contributed by atoms with Crippen molar-refractivity contribution >= 4 is 11.8 Å². The minimum absolute atomic E-state index is 0.0819. The predicted octanol–water partition coefficient (Wildman–Crippen LogP) is 2.58. The lowest BCUT2D eigenvalue weighted by Gasteiger charge is -2.35. The van der Waals surface area contributed by atoms with E-state index in [2.05, 4.69) is 27.7 Å². The molecular weight excluding hydrogens is 378 g/mol. The molecule has 0 spiro atoms. The van der Waals surface area contributed by atoms with E-state index < -0.39 is 6.04 Å². The molecule has 2 amide bonds. The minimum Gasteiger partial charge on any atom is -0.494 e. The number of benzene rings is 2. The summed E-state index contributed by atoms with van der Waals surface area (Å²) >= 11 is 0. The maximum absolute atomic E-state index is 12.9. The van der Waals surface area contributed by atoms with E-state index in [1.54, 1.807) is 0 Å². The first-order valence-electron chi connectivity index (χ1n) is 10.7. The smallest absolute Gasteiger partial charge is 0.237 e. The Morgan fingerprint density at radius 2 is 1.90 bits per heavy atom. The number of carbonyl (C=O) groups excluding carboxylic acids is 2. The molecule has 2 fully saturated rings. The van der Waals surface area contributed by atoms with Crippen LogP contribution in [0.2, 0.25) is 0 Å². The molecule has 1 heterocycles. The maximum atomic E-state index is 12.9. The lowest BCUT2D eigenvalue weighted by atomic mass is 10.0. The molecule has 0 bridgehead atoms. The molecule has 2 aromatic rings. The number of rotatable bonds is 8. The van der Waals surface area contributed by atoms with Crippen LogP contribution >= 0.6 is 0 Å². The molecule has 4 rings (SSSR count). The zero-order valence-electron chi connectivity index (χ0n) is 17.4. The van der Waals surface area contributed by atoms with Crippen LogP contribution < -0.4 is 15.4 Å². The van der Waals surface area contributed by atoms with Gasteiger partial charge in [0.05, 0.1) is 24.6 Å². The third-order valence-corrected chi connectivity index (χ3v) is 5.92. The number of carbonyl (C=O) groups is 2. The summed E-state index contributed by atoms with van der Waals surface area (Å²) in [6.07, 6.45) is 2.02. The van der Waals surface area contributed by atoms with Gasteiger partial charge in [-0.25, -0.2) is 0 Å². The van der Waals surface area contributed by atoms with Crippen LogP contribution in [0.25, 0.3) is 0 Å². The van der Waals surface area contributed by atoms with Crippen molar-refractivity contribution in [3.8, 4) is 5.75 Å². The Bertz CT molecular complexity index is 896. The monoisotopic (exact) mass is 407 g/mol. The van der Waals surface area contributed by atoms with Gasteiger partial charge in [-0.2, -0.15) is 0 Å². The Morgan fingerprint density at radius 1 is 1.17 bits per heavy atom. The normalized spacial score (nSPS) is 20.3. The number of amides is 2. The molecule has 2 aliphatic rings. The minimum atomic E-state index is -0.486. The number of hydrogen-bond acceptors (Lipinski definition) is 4. The molecule has 1 aliphatic carbocycles. The zero-order valence-corrected chi connectivity index (χ0v) is 17.4. The highest BCUT2D eigenvalue weighted by molar-refractivity contribution is 5.89. The van der Waals surface area contributed by atoms with Crippen molar-refractivity contribution in [2.75, 3.05) is 19.7 Å². The first-order valence-corrected chi connectivity index (χ1v) is 10.7. The summed E-state index contributed by atoms with van der Waals surface area (Å²) in [5.74, 6) is 0.659. The van der Waals surface area contributed by atoms with Gasteiger partial charge >= 0.3 is 0 Å². The van der Waals surface area contributed by atoms with Crippen LogP contribution in [-0.4, -0.2) is 42.5 Å². The molecule has 0 aromatic heterocycles. The standard InChI is InChI=1S/C24H29N3O3/c1-2-30-21-11-7-6-8-18(21)17-27-15-14-25-23(29)20(27)16-22(28)26-24(12-13-24)19-9-4-3-5-10-19/h3-11,20H,2,12-17H2,1H3,(H,25,29)(H,26,28)/t20-/m1/s1. The van der Waals surface area contributed by atoms with E-state index in [1.165, 1.54) is 0 Å². The fourth-order valence-electron chi connectivity index (χ4n) is 4.18. The second kappa shape index (κ2) is 8.88. The number of nitrogens with zero attached hydrogens (tertiary/aromatic N) is 1. The highest BCUT2D eigenvalue weighted by Gasteiger charge is 2.46. The summed E-state index contributed by atoms with van der Waals surface area (Å²) < 4.78 is 5.74. The fraction of sp³-hybridized carbons (Fsp3) is 0.417. The number of nitrogens with one attached hydrogen (secondary N) is 2. The highest BCUT2D eigenvalue weighted by atomic mass is 16.5. The maximum Gasteiger partial charge on any atom is 0.237 e. The zero-order chi connectivity index (χ0) is 21.0. The molecule has 30 heavy (non-hydrogen) atoms. The topological polar surface area (TPSA) is 70.7 Å². The predicted molar refractivity (Wildman–Crippen MR) is 115 cm³/mol. The van der Waals surface area contributed by atoms with Crippen molar-refractivity contribution in [2.24, 2.45) is 0 Å². The molecule has 0 radical (unpaired) electrons. The Labute approximate surface area is 177 Å². The van der Waals surface area contributed by atoms with Gasteiger partial charge in [-0.05, 0) is 31.4 Å². The van der Waals surface area contributed by atoms with Crippen molar-refractivity contribution in [3.63, 3.8) is 0 Å². The van der Waals surface area contributed by atoms with Gasteiger partial charge in [0.15, 0.2) is 0 Å². The van der Waals surface area contributed by atoms with Crippen LogP contribution in [0.3, 0.4) is 0 Å². The van der Waals surface area contributed by atoms with E-state index in [9.17, 15) is 9.59 Å². The molecule has 6 nitrogen and oxygen atoms in total. The summed E-state index contributed by atoms with van der Waals surface area (Å²) in [5.41, 5.74) is 1.90. The molecular formula is C24H29N3O3. The lowest BCUT2D eigenvalue weighted by Crippen LogP contribution is -2.56. The van der Waals surface area contributed by atoms with E-state index in [1.807, 2.05) is 49.4 Å². The first-order chi connectivity index (χ1) is 14.6. The largest absolute Gasteiger partial charge is 0.494 e. The van der Waals surface area contributed by atoms with Crippen LogP contribution in [0.5, 0.6) is 5.75 Å². The van der Waals surface area contributed by atoms with Crippen molar-refractivity contribution in [1.29, 1.82) is 0 Å². The van der Waals surface area contributed by atoms with Crippen LogP contribution in [0.1, 0.15) is 37.3 Å². The van der Waals surface area contributed by atoms with E-state index in [4.69, 9.17) is 4.74 Å². The Balaban J connectivity index is 1.45. The number of para-hydroxylation sites is 1. The number of ether oxygens (including phenoxy) is 1. The van der Waals surface area contributed by atoms with Gasteiger partial charge < -0.3 is 15.4 Å². The molecule has 158 valence electrons. The summed E-state index contributed by atoms with van der Waals surface area (Å²) in [5, 5.41) is 6.11. The summed E-state index contributed by atoms with van der Waals surface area (Å²) in [6, 6.07) is 17.5. The molecule has 1 saturated heterocycles. The van der Waals surface area contributed by atoms with Gasteiger partial charge in [0.25, 0.3) is 0 Å². The molecule has 1 atom stereocenters. The third kappa shape index (κ3) is 4.49.